The fraction of sp³-hybridized carbons (Fsp3) is 0.529. The summed E-state index contributed by atoms with van der Waals surface area (Å²) < 4.78 is 12.9. The first kappa shape index (κ1) is 18.5. The molecule has 1 aromatic rings. The number of carbonyl (C=O) groups is 2. The number of hydrogen-bond acceptors (Lipinski definition) is 5. The lowest BCUT2D eigenvalue weighted by molar-refractivity contribution is -0.138. The average molecular weight is 337 g/mol. The molecule has 1 aliphatic rings. The summed E-state index contributed by atoms with van der Waals surface area (Å²) in [5.41, 5.74) is 5.99. The van der Waals surface area contributed by atoms with Gasteiger partial charge in [-0.25, -0.2) is 15.2 Å². The number of amides is 2. The van der Waals surface area contributed by atoms with Gasteiger partial charge in [0.1, 0.15) is 11.9 Å². The second-order valence-electron chi connectivity index (χ2n) is 6.37. The zero-order valence-corrected chi connectivity index (χ0v) is 13.5. The number of hydrazine groups is 1. The van der Waals surface area contributed by atoms with E-state index >= 15 is 0 Å². The molecule has 6 nitrogen and oxygen atoms in total. The highest BCUT2D eigenvalue weighted by atomic mass is 19.1. The monoisotopic (exact) mass is 337 g/mol. The van der Waals surface area contributed by atoms with Crippen molar-refractivity contribution in [2.45, 2.75) is 50.7 Å². The number of halogens is 1. The van der Waals surface area contributed by atoms with E-state index in [0.29, 0.717) is 17.3 Å². The van der Waals surface area contributed by atoms with E-state index in [1.54, 1.807) is 0 Å². The summed E-state index contributed by atoms with van der Waals surface area (Å²) in [6.07, 6.45) is 4.52. The number of nitrogens with two attached hydrogens (primary N) is 2. The number of carbonyl (C=O) groups excluding carboxylic acids is 2. The molecule has 24 heavy (non-hydrogen) atoms. The number of hydrogen-bond donors (Lipinski definition) is 3. The van der Waals surface area contributed by atoms with Gasteiger partial charge in [0.05, 0.1) is 0 Å². The van der Waals surface area contributed by atoms with Crippen LogP contribution in [-0.4, -0.2) is 34.1 Å². The second-order valence-corrected chi connectivity index (χ2v) is 6.37. The van der Waals surface area contributed by atoms with Crippen LogP contribution < -0.4 is 11.6 Å². The van der Waals surface area contributed by atoms with Crippen LogP contribution in [0, 0.1) is 11.7 Å². The van der Waals surface area contributed by atoms with E-state index in [4.69, 9.17) is 11.6 Å². The van der Waals surface area contributed by atoms with Gasteiger partial charge in [0.2, 0.25) is 0 Å². The quantitative estimate of drug-likeness (QED) is 0.426. The minimum Gasteiger partial charge on any atom is -0.382 e. The van der Waals surface area contributed by atoms with Gasteiger partial charge in [-0.15, -0.1) is 0 Å². The van der Waals surface area contributed by atoms with Gasteiger partial charge in [0.15, 0.2) is 0 Å². The van der Waals surface area contributed by atoms with Crippen LogP contribution >= 0.6 is 0 Å². The van der Waals surface area contributed by atoms with Crippen molar-refractivity contribution in [2.75, 3.05) is 0 Å². The topological polar surface area (TPSA) is 110 Å². The fourth-order valence-electron chi connectivity index (χ4n) is 3.09. The zero-order valence-electron chi connectivity index (χ0n) is 13.5. The van der Waals surface area contributed by atoms with Crippen LogP contribution in [0.1, 0.15) is 48.9 Å². The van der Waals surface area contributed by atoms with E-state index in [0.717, 1.165) is 37.8 Å². The molecule has 0 saturated heterocycles. The Bertz CT molecular complexity index is 573. The highest BCUT2D eigenvalue weighted by molar-refractivity contribution is 6.05. The van der Waals surface area contributed by atoms with Gasteiger partial charge >= 0.3 is 0 Å². The number of aliphatic hydroxyl groups is 1. The molecule has 2 amide bonds. The number of benzene rings is 1. The molecular formula is C17H24FN3O3. The van der Waals surface area contributed by atoms with Crippen molar-refractivity contribution in [1.82, 2.24) is 5.01 Å². The number of nitrogens with zero attached hydrogens (tertiary/aromatic N) is 1. The van der Waals surface area contributed by atoms with Crippen molar-refractivity contribution in [3.8, 4) is 0 Å². The molecule has 2 atom stereocenters. The molecule has 7 heteroatoms. The Kier molecular flexibility index (Phi) is 6.42. The molecule has 132 valence electrons. The summed E-state index contributed by atoms with van der Waals surface area (Å²) in [6, 6.07) is 3.86. The standard InChI is InChI=1S/C17H24FN3O3/c18-13-8-6-12(7-9-13)16(23)21(20)17(24)15(22)14(19)10-11-4-2-1-3-5-11/h6-9,11,14-15,22H,1-5,10,19-20H2/t14-,15?/m1/s1. The van der Waals surface area contributed by atoms with Crippen molar-refractivity contribution in [2.24, 2.45) is 17.5 Å². The van der Waals surface area contributed by atoms with Gasteiger partial charge < -0.3 is 10.8 Å². The maximum absolute atomic E-state index is 12.9. The fourth-order valence-corrected chi connectivity index (χ4v) is 3.09. The number of imide groups is 1. The molecule has 1 aromatic carbocycles. The lowest BCUT2D eigenvalue weighted by Crippen LogP contribution is -2.53. The largest absolute Gasteiger partial charge is 0.382 e. The maximum atomic E-state index is 12.9. The number of rotatable bonds is 5. The predicted molar refractivity (Wildman–Crippen MR) is 86.9 cm³/mol. The maximum Gasteiger partial charge on any atom is 0.274 e. The van der Waals surface area contributed by atoms with Gasteiger partial charge in [0.25, 0.3) is 11.8 Å². The Balaban J connectivity index is 1.95. The third-order valence-electron chi connectivity index (χ3n) is 4.54. The van der Waals surface area contributed by atoms with Crippen molar-refractivity contribution in [3.63, 3.8) is 0 Å². The lowest BCUT2D eigenvalue weighted by atomic mass is 9.84. The molecule has 1 unspecified atom stereocenters. The van der Waals surface area contributed by atoms with E-state index in [1.165, 1.54) is 18.6 Å². The highest BCUT2D eigenvalue weighted by Crippen LogP contribution is 2.27. The summed E-state index contributed by atoms with van der Waals surface area (Å²) in [5, 5.41) is 10.5. The van der Waals surface area contributed by atoms with Crippen LogP contribution in [-0.2, 0) is 4.79 Å². The SMILES string of the molecule is N[C@H](CC1CCCCC1)C(O)C(=O)N(N)C(=O)c1ccc(F)cc1. The molecule has 0 bridgehead atoms. The molecule has 5 N–H and O–H groups in total. The van der Waals surface area contributed by atoms with Crippen LogP contribution in [0.25, 0.3) is 0 Å². The first-order valence-electron chi connectivity index (χ1n) is 8.22. The summed E-state index contributed by atoms with van der Waals surface area (Å²) in [5.74, 6) is 3.64. The zero-order chi connectivity index (χ0) is 17.7. The molecule has 0 aromatic heterocycles. The smallest absolute Gasteiger partial charge is 0.274 e. The first-order chi connectivity index (χ1) is 11.4. The highest BCUT2D eigenvalue weighted by Gasteiger charge is 2.31. The molecule has 1 fully saturated rings. The van der Waals surface area contributed by atoms with Crippen molar-refractivity contribution >= 4 is 11.8 Å². The normalized spacial score (nSPS) is 18.0. The van der Waals surface area contributed by atoms with Gasteiger partial charge in [-0.2, -0.15) is 0 Å². The van der Waals surface area contributed by atoms with E-state index in [9.17, 15) is 19.1 Å². The van der Waals surface area contributed by atoms with Gasteiger partial charge in [0, 0.05) is 11.6 Å². The van der Waals surface area contributed by atoms with Gasteiger partial charge in [-0.05, 0) is 36.6 Å². The molecule has 0 spiro atoms. The second kappa shape index (κ2) is 8.32. The Morgan fingerprint density at radius 3 is 2.38 bits per heavy atom. The van der Waals surface area contributed by atoms with Crippen LogP contribution in [0.4, 0.5) is 4.39 Å². The Morgan fingerprint density at radius 1 is 1.21 bits per heavy atom. The van der Waals surface area contributed by atoms with Crippen LogP contribution in [0.3, 0.4) is 0 Å². The third kappa shape index (κ3) is 4.59. The van der Waals surface area contributed by atoms with Crippen molar-refractivity contribution in [3.05, 3.63) is 35.6 Å². The summed E-state index contributed by atoms with van der Waals surface area (Å²) >= 11 is 0. The first-order valence-corrected chi connectivity index (χ1v) is 8.22. The van der Waals surface area contributed by atoms with E-state index in [-0.39, 0.29) is 5.56 Å². The molecule has 1 saturated carbocycles. The minimum atomic E-state index is -1.54. The van der Waals surface area contributed by atoms with Crippen LogP contribution in [0.15, 0.2) is 24.3 Å². The Morgan fingerprint density at radius 2 is 1.79 bits per heavy atom. The number of aliphatic hydroxyl groups excluding tert-OH is 1. The Labute approximate surface area is 140 Å². The molecule has 0 aliphatic heterocycles. The molecule has 1 aliphatic carbocycles. The van der Waals surface area contributed by atoms with Crippen LogP contribution in [0.5, 0.6) is 0 Å². The molecule has 2 rings (SSSR count). The molecule has 0 radical (unpaired) electrons. The van der Waals surface area contributed by atoms with Crippen molar-refractivity contribution < 1.29 is 19.1 Å². The summed E-state index contributed by atoms with van der Waals surface area (Å²) in [4.78, 5) is 24.3. The molecular weight excluding hydrogens is 313 g/mol. The predicted octanol–water partition coefficient (Wildman–Crippen LogP) is 1.33. The van der Waals surface area contributed by atoms with E-state index in [2.05, 4.69) is 0 Å². The minimum absolute atomic E-state index is 0.0558. The van der Waals surface area contributed by atoms with Gasteiger partial charge in [-0.3, -0.25) is 9.59 Å². The van der Waals surface area contributed by atoms with Crippen molar-refractivity contribution in [1.29, 1.82) is 0 Å². The average Bonchev–Trinajstić information content (AvgIpc) is 2.60. The third-order valence-corrected chi connectivity index (χ3v) is 4.54. The van der Waals surface area contributed by atoms with E-state index < -0.39 is 29.8 Å². The van der Waals surface area contributed by atoms with Crippen LogP contribution in [0.2, 0.25) is 0 Å². The Hall–Kier alpha value is -1.83. The summed E-state index contributed by atoms with van der Waals surface area (Å²) in [7, 11) is 0. The lowest BCUT2D eigenvalue weighted by Gasteiger charge is -2.27. The van der Waals surface area contributed by atoms with E-state index in [1.807, 2.05) is 0 Å². The van der Waals surface area contributed by atoms with Gasteiger partial charge in [-0.1, -0.05) is 32.1 Å². The summed E-state index contributed by atoms with van der Waals surface area (Å²) in [6.45, 7) is 0. The molecule has 0 heterocycles.